The molecule has 0 spiro atoms. The molecular formula is C29H38N2O. The van der Waals surface area contributed by atoms with E-state index in [0.29, 0.717) is 6.04 Å². The van der Waals surface area contributed by atoms with Crippen molar-refractivity contribution in [1.29, 1.82) is 0 Å². The molecule has 3 aromatic rings. The summed E-state index contributed by atoms with van der Waals surface area (Å²) in [7, 11) is 0. The summed E-state index contributed by atoms with van der Waals surface area (Å²) < 4.78 is 5.64. The van der Waals surface area contributed by atoms with Crippen molar-refractivity contribution in [3.63, 3.8) is 0 Å². The zero-order valence-corrected chi connectivity index (χ0v) is 19.8. The lowest BCUT2D eigenvalue weighted by atomic mass is 9.84. The zero-order valence-electron chi connectivity index (χ0n) is 19.8. The maximum atomic E-state index is 5.64. The first kappa shape index (κ1) is 21.7. The third-order valence-corrected chi connectivity index (χ3v) is 7.89. The molecule has 0 radical (unpaired) electrons. The first-order chi connectivity index (χ1) is 15.8. The molecule has 0 saturated carbocycles. The van der Waals surface area contributed by atoms with Crippen LogP contribution in [0.3, 0.4) is 0 Å². The van der Waals surface area contributed by atoms with Gasteiger partial charge in [0, 0.05) is 49.4 Å². The Bertz CT molecular complexity index is 1050. The normalized spacial score (nSPS) is 20.0. The molecule has 1 unspecified atom stereocenters. The largest absolute Gasteiger partial charge is 0.381 e. The van der Waals surface area contributed by atoms with Crippen molar-refractivity contribution in [2.75, 3.05) is 26.3 Å². The maximum Gasteiger partial charge on any atom is 0.0469 e. The highest BCUT2D eigenvalue weighted by Gasteiger charge is 2.30. The minimum atomic E-state index is 0.520. The van der Waals surface area contributed by atoms with Crippen LogP contribution in [0.15, 0.2) is 42.6 Å². The van der Waals surface area contributed by atoms with Gasteiger partial charge < -0.3 is 9.72 Å². The Morgan fingerprint density at radius 2 is 1.78 bits per heavy atom. The molecule has 1 saturated heterocycles. The van der Waals surface area contributed by atoms with Crippen molar-refractivity contribution >= 4 is 10.9 Å². The van der Waals surface area contributed by atoms with E-state index in [4.69, 9.17) is 4.74 Å². The van der Waals surface area contributed by atoms with E-state index in [2.05, 4.69) is 66.3 Å². The fourth-order valence-corrected chi connectivity index (χ4v) is 6.01. The Kier molecular flexibility index (Phi) is 6.66. The number of hydrogen-bond acceptors (Lipinski definition) is 2. The first-order valence-corrected chi connectivity index (χ1v) is 12.8. The average molecular weight is 431 g/mol. The Morgan fingerprint density at radius 3 is 2.59 bits per heavy atom. The van der Waals surface area contributed by atoms with E-state index in [1.807, 2.05) is 0 Å². The van der Waals surface area contributed by atoms with Gasteiger partial charge in [-0.15, -0.1) is 0 Å². The predicted molar refractivity (Wildman–Crippen MR) is 133 cm³/mol. The van der Waals surface area contributed by atoms with Crippen molar-refractivity contribution in [2.45, 2.75) is 64.8 Å². The summed E-state index contributed by atoms with van der Waals surface area (Å²) in [6, 6.07) is 14.4. The number of hydrogen-bond donors (Lipinski definition) is 1. The monoisotopic (exact) mass is 430 g/mol. The van der Waals surface area contributed by atoms with Crippen molar-refractivity contribution in [3.05, 3.63) is 70.4 Å². The summed E-state index contributed by atoms with van der Waals surface area (Å²) >= 11 is 0. The number of ether oxygens (including phenoxy) is 1. The quantitative estimate of drug-likeness (QED) is 0.480. The van der Waals surface area contributed by atoms with Gasteiger partial charge in [-0.25, -0.2) is 0 Å². The van der Waals surface area contributed by atoms with Crippen LogP contribution in [-0.2, 0) is 30.4 Å². The van der Waals surface area contributed by atoms with Gasteiger partial charge >= 0.3 is 0 Å². The summed E-state index contributed by atoms with van der Waals surface area (Å²) in [5, 5.41) is 1.38. The number of rotatable bonds is 7. The maximum absolute atomic E-state index is 5.64. The van der Waals surface area contributed by atoms with Crippen LogP contribution in [0.1, 0.15) is 67.0 Å². The minimum Gasteiger partial charge on any atom is -0.381 e. The molecule has 3 heteroatoms. The van der Waals surface area contributed by atoms with E-state index in [0.717, 1.165) is 38.4 Å². The number of nitrogens with zero attached hydrogens (tertiary/aromatic N) is 1. The Balaban J connectivity index is 1.44. The van der Waals surface area contributed by atoms with E-state index in [-0.39, 0.29) is 0 Å². The lowest BCUT2D eigenvalue weighted by molar-refractivity contribution is 0.0423. The summed E-state index contributed by atoms with van der Waals surface area (Å²) in [6.07, 6.45) is 10.4. The van der Waals surface area contributed by atoms with Crippen molar-refractivity contribution < 1.29 is 4.74 Å². The van der Waals surface area contributed by atoms with Crippen LogP contribution in [0.4, 0.5) is 0 Å². The third kappa shape index (κ3) is 4.38. The summed E-state index contributed by atoms with van der Waals surface area (Å²) in [5.74, 6) is 0.779. The molecule has 0 amide bonds. The molecular weight excluding hydrogens is 392 g/mol. The van der Waals surface area contributed by atoms with Crippen LogP contribution in [0.25, 0.3) is 10.9 Å². The summed E-state index contributed by atoms with van der Waals surface area (Å²) in [4.78, 5) is 6.30. The number of aromatic nitrogens is 1. The highest BCUT2D eigenvalue weighted by Crippen LogP contribution is 2.37. The molecule has 3 heterocycles. The second kappa shape index (κ2) is 9.80. The second-order valence-electron chi connectivity index (χ2n) is 9.74. The van der Waals surface area contributed by atoms with Crippen molar-refractivity contribution in [2.24, 2.45) is 5.92 Å². The van der Waals surface area contributed by atoms with Crippen LogP contribution in [0.2, 0.25) is 0 Å². The fraction of sp³-hybridized carbons (Fsp3) is 0.517. The highest BCUT2D eigenvalue weighted by atomic mass is 16.5. The molecule has 1 fully saturated rings. The Hall–Kier alpha value is -2.10. The molecule has 2 aliphatic rings. The zero-order chi connectivity index (χ0) is 21.9. The molecule has 0 aliphatic carbocycles. The molecule has 1 atom stereocenters. The van der Waals surface area contributed by atoms with Crippen molar-refractivity contribution in [3.8, 4) is 0 Å². The predicted octanol–water partition coefficient (Wildman–Crippen LogP) is 6.25. The number of nitrogens with one attached hydrogen (secondary N) is 1. The number of benzene rings is 2. The highest BCUT2D eigenvalue weighted by molar-refractivity contribution is 5.83. The van der Waals surface area contributed by atoms with Gasteiger partial charge in [0.1, 0.15) is 0 Å². The lowest BCUT2D eigenvalue weighted by Gasteiger charge is -2.40. The molecule has 5 rings (SSSR count). The van der Waals surface area contributed by atoms with E-state index in [9.17, 15) is 0 Å². The Morgan fingerprint density at radius 1 is 1.00 bits per heavy atom. The van der Waals surface area contributed by atoms with Gasteiger partial charge in [-0.2, -0.15) is 0 Å². The van der Waals surface area contributed by atoms with Gasteiger partial charge in [-0.3, -0.25) is 4.90 Å². The lowest BCUT2D eigenvalue weighted by Crippen LogP contribution is -2.40. The first-order valence-electron chi connectivity index (χ1n) is 12.8. The minimum absolute atomic E-state index is 0.520. The topological polar surface area (TPSA) is 28.3 Å². The van der Waals surface area contributed by atoms with E-state index in [1.54, 1.807) is 22.3 Å². The average Bonchev–Trinajstić information content (AvgIpc) is 3.26. The number of para-hydroxylation sites is 1. The molecule has 2 aliphatic heterocycles. The number of aromatic amines is 1. The van der Waals surface area contributed by atoms with Gasteiger partial charge in [0.25, 0.3) is 0 Å². The molecule has 0 bridgehead atoms. The fourth-order valence-electron chi connectivity index (χ4n) is 6.01. The van der Waals surface area contributed by atoms with Gasteiger partial charge in [0.05, 0.1) is 0 Å². The summed E-state index contributed by atoms with van der Waals surface area (Å²) in [6.45, 7) is 8.90. The van der Waals surface area contributed by atoms with Crippen LogP contribution in [0, 0.1) is 5.92 Å². The van der Waals surface area contributed by atoms with Gasteiger partial charge in [0.15, 0.2) is 0 Å². The molecule has 1 N–H and O–H groups in total. The van der Waals surface area contributed by atoms with Crippen LogP contribution in [0.5, 0.6) is 0 Å². The van der Waals surface area contributed by atoms with Gasteiger partial charge in [-0.05, 0) is 84.7 Å². The van der Waals surface area contributed by atoms with E-state index >= 15 is 0 Å². The molecule has 32 heavy (non-hydrogen) atoms. The molecule has 1 aromatic heterocycles. The van der Waals surface area contributed by atoms with Crippen LogP contribution < -0.4 is 0 Å². The van der Waals surface area contributed by atoms with Crippen molar-refractivity contribution in [1.82, 2.24) is 9.88 Å². The molecule has 3 nitrogen and oxygen atoms in total. The van der Waals surface area contributed by atoms with E-state index < -0.39 is 0 Å². The van der Waals surface area contributed by atoms with Crippen LogP contribution in [-0.4, -0.2) is 36.2 Å². The number of fused-ring (bicyclic) bond motifs is 2. The number of aryl methyl sites for hydroxylation is 3. The molecule has 2 aromatic carbocycles. The van der Waals surface area contributed by atoms with Gasteiger partial charge in [-0.1, -0.05) is 44.2 Å². The van der Waals surface area contributed by atoms with Gasteiger partial charge in [0.2, 0.25) is 0 Å². The standard InChI is InChI=1S/C29H38N2O/c1-3-22-17-24-11-14-31(20-21-12-15-32-16-13-21)29(27(24)18-23(22)4-2)10-9-25-19-30-28-8-6-5-7-26(25)28/h5-8,17-19,21,29-30H,3-4,9-16,20H2,1-2H3. The molecule has 170 valence electrons. The smallest absolute Gasteiger partial charge is 0.0469 e. The second-order valence-corrected chi connectivity index (χ2v) is 9.74. The van der Waals surface area contributed by atoms with Crippen LogP contribution >= 0.6 is 0 Å². The number of H-pyrrole nitrogens is 1. The Labute approximate surface area is 193 Å². The third-order valence-electron chi connectivity index (χ3n) is 7.89. The van der Waals surface area contributed by atoms with E-state index in [1.165, 1.54) is 55.2 Å². The SMILES string of the molecule is CCc1cc2c(cc1CC)C(CCc1c[nH]c3ccccc13)N(CC1CCOCC1)CC2. The summed E-state index contributed by atoms with van der Waals surface area (Å²) in [5.41, 5.74) is 9.03.